The highest BCUT2D eigenvalue weighted by Gasteiger charge is 2.24. The van der Waals surface area contributed by atoms with Gasteiger partial charge in [-0.1, -0.05) is 229 Å². The fourth-order valence-electron chi connectivity index (χ4n) is 7.06. The van der Waals surface area contributed by atoms with Crippen molar-refractivity contribution in [1.82, 2.24) is 0 Å². The highest BCUT2D eigenvalue weighted by Crippen LogP contribution is 2.49. The highest BCUT2D eigenvalue weighted by molar-refractivity contribution is 8.65. The van der Waals surface area contributed by atoms with Crippen molar-refractivity contribution in [2.24, 2.45) is 0 Å². The summed E-state index contributed by atoms with van der Waals surface area (Å²) in [6.45, 7) is 11.7. The highest BCUT2D eigenvalue weighted by atomic mass is 32.9. The van der Waals surface area contributed by atoms with E-state index in [1.54, 1.807) is 0 Å². The largest absolute Gasteiger partial charge is 0.379 e. The van der Waals surface area contributed by atoms with E-state index in [2.05, 4.69) is 26.1 Å². The molecule has 0 aromatic rings. The van der Waals surface area contributed by atoms with Gasteiger partial charge in [0, 0.05) is 13.2 Å². The summed E-state index contributed by atoms with van der Waals surface area (Å²) in [5.74, 6) is 0. The summed E-state index contributed by atoms with van der Waals surface area (Å²) in [6, 6.07) is 0. The van der Waals surface area contributed by atoms with Gasteiger partial charge in [0.2, 0.25) is 5.69 Å². The van der Waals surface area contributed by atoms with Crippen molar-refractivity contribution in [3.8, 4) is 0 Å². The minimum Gasteiger partial charge on any atom is -0.379 e. The van der Waals surface area contributed by atoms with E-state index in [1.165, 1.54) is 193 Å². The van der Waals surface area contributed by atoms with Crippen LogP contribution in [0.25, 0.3) is 0 Å². The van der Waals surface area contributed by atoms with E-state index in [0.29, 0.717) is 26.4 Å². The van der Waals surface area contributed by atoms with Gasteiger partial charge in [-0.2, -0.15) is 0 Å². The maximum absolute atomic E-state index is 10.5. The molecule has 0 aliphatic carbocycles. The SMILES string of the molecule is CCCCCCCCCCCCCCCCCCOCCOC(C)S(C(C)OCCOCCCCCCCCCCCCCCCCCC)=P(O)(O)S. The molecule has 6 nitrogen and oxygen atoms in total. The average molecular weight is 813 g/mol. The van der Waals surface area contributed by atoms with Gasteiger partial charge in [-0.3, -0.25) is 0 Å². The third-order valence-corrected chi connectivity index (χ3v) is 17.8. The molecule has 0 aliphatic rings. The lowest BCUT2D eigenvalue weighted by Crippen LogP contribution is -2.28. The van der Waals surface area contributed by atoms with Crippen LogP contribution in [0.3, 0.4) is 0 Å². The number of hydrogen-bond donors (Lipinski definition) is 3. The second-order valence-electron chi connectivity index (χ2n) is 15.6. The van der Waals surface area contributed by atoms with Crippen LogP contribution >= 0.6 is 17.9 Å². The molecule has 53 heavy (non-hydrogen) atoms. The Morgan fingerprint density at radius 2 is 0.604 bits per heavy atom. The minimum atomic E-state index is -3.44. The number of rotatable bonds is 44. The summed E-state index contributed by atoms with van der Waals surface area (Å²) < 4.78 is 23.5. The Morgan fingerprint density at radius 1 is 0.377 bits per heavy atom. The second kappa shape index (κ2) is 42.5. The van der Waals surface area contributed by atoms with Crippen molar-refractivity contribution in [3.05, 3.63) is 0 Å². The molecule has 0 heterocycles. The van der Waals surface area contributed by atoms with Gasteiger partial charge in [0.05, 0.1) is 26.4 Å². The van der Waals surface area contributed by atoms with Crippen LogP contribution in [0.4, 0.5) is 0 Å². The van der Waals surface area contributed by atoms with Crippen molar-refractivity contribution >= 4 is 28.0 Å². The molecule has 2 atom stereocenters. The molecular weight excluding hydrogens is 720 g/mol. The molecule has 0 saturated heterocycles. The third kappa shape index (κ3) is 39.5. The van der Waals surface area contributed by atoms with Crippen LogP contribution in [0.2, 0.25) is 0 Å². The zero-order chi connectivity index (χ0) is 38.9. The van der Waals surface area contributed by atoms with Crippen LogP contribution < -0.4 is 0 Å². The van der Waals surface area contributed by atoms with E-state index in [9.17, 15) is 9.79 Å². The summed E-state index contributed by atoms with van der Waals surface area (Å²) in [6.07, 6.45) is 43.7. The van der Waals surface area contributed by atoms with Crippen LogP contribution in [0.5, 0.6) is 0 Å². The topological polar surface area (TPSA) is 77.4 Å². The zero-order valence-corrected chi connectivity index (χ0v) is 38.5. The number of hydrogen-bond acceptors (Lipinski definition) is 4. The average Bonchev–Trinajstić information content (AvgIpc) is 3.12. The molecule has 0 saturated carbocycles. The normalized spacial score (nSPS) is 13.9. The Labute approximate surface area is 339 Å². The minimum absolute atomic E-state index is 0.379. The molecule has 0 amide bonds. The fraction of sp³-hybridized carbons (Fsp3) is 1.00. The Hall–Kier alpha value is 0.890. The quantitative estimate of drug-likeness (QED) is 0.0323. The van der Waals surface area contributed by atoms with Crippen molar-refractivity contribution in [2.75, 3.05) is 39.6 Å². The van der Waals surface area contributed by atoms with E-state index in [-0.39, 0.29) is 10.9 Å². The molecule has 0 fully saturated rings. The van der Waals surface area contributed by atoms with Crippen LogP contribution in [0, 0.1) is 0 Å². The maximum Gasteiger partial charge on any atom is 0.203 e. The van der Waals surface area contributed by atoms with Crippen molar-refractivity contribution in [1.29, 1.82) is 0 Å². The number of thiol groups is 1. The lowest BCUT2D eigenvalue weighted by atomic mass is 10.0. The van der Waals surface area contributed by atoms with Gasteiger partial charge < -0.3 is 28.7 Å². The van der Waals surface area contributed by atoms with Crippen LogP contribution in [-0.4, -0.2) is 60.3 Å². The molecular formula is C44H93O6PS2. The first-order chi connectivity index (χ1) is 25.8. The van der Waals surface area contributed by atoms with E-state index in [1.807, 2.05) is 13.8 Å². The summed E-state index contributed by atoms with van der Waals surface area (Å²) in [4.78, 5) is 20.9. The van der Waals surface area contributed by atoms with Crippen molar-refractivity contribution in [3.63, 3.8) is 0 Å². The number of unbranched alkanes of at least 4 members (excludes halogenated alkanes) is 30. The first-order valence-electron chi connectivity index (χ1n) is 23.0. The molecule has 9 heteroatoms. The third-order valence-electron chi connectivity index (χ3n) is 10.4. The fourth-order valence-corrected chi connectivity index (χ4v) is 14.0. The molecule has 0 aromatic carbocycles. The number of ether oxygens (including phenoxy) is 4. The lowest BCUT2D eigenvalue weighted by Gasteiger charge is -2.27. The first kappa shape index (κ1) is 53.9. The van der Waals surface area contributed by atoms with Gasteiger partial charge in [-0.05, 0) is 26.7 Å². The van der Waals surface area contributed by atoms with E-state index in [0.717, 1.165) is 26.1 Å². The van der Waals surface area contributed by atoms with Gasteiger partial charge in [0.25, 0.3) is 0 Å². The smallest absolute Gasteiger partial charge is 0.203 e. The van der Waals surface area contributed by atoms with Gasteiger partial charge >= 0.3 is 0 Å². The Morgan fingerprint density at radius 3 is 0.830 bits per heavy atom. The molecule has 322 valence electrons. The summed E-state index contributed by atoms with van der Waals surface area (Å²) in [5.41, 5.74) is -4.20. The Balaban J connectivity index is 3.67. The van der Waals surface area contributed by atoms with E-state index in [4.69, 9.17) is 18.9 Å². The molecule has 2 N–H and O–H groups in total. The van der Waals surface area contributed by atoms with Gasteiger partial charge in [-0.15, -0.1) is 0 Å². The van der Waals surface area contributed by atoms with E-state index >= 15 is 0 Å². The summed E-state index contributed by atoms with van der Waals surface area (Å²) in [5, 5.41) is 0. The predicted molar refractivity (Wildman–Crippen MR) is 239 cm³/mol. The maximum atomic E-state index is 10.5. The van der Waals surface area contributed by atoms with Gasteiger partial charge in [0.1, 0.15) is 10.9 Å². The molecule has 0 spiro atoms. The second-order valence-corrected chi connectivity index (χ2v) is 23.9. The Bertz CT molecular complexity index is 723. The van der Waals surface area contributed by atoms with Crippen LogP contribution in [0.1, 0.15) is 233 Å². The van der Waals surface area contributed by atoms with Crippen LogP contribution in [-0.2, 0) is 29.0 Å². The zero-order valence-electron chi connectivity index (χ0n) is 35.9. The summed E-state index contributed by atoms with van der Waals surface area (Å²) in [7, 11) is -0.940. The van der Waals surface area contributed by atoms with Gasteiger partial charge in [-0.25, -0.2) is 0 Å². The molecule has 0 aliphatic heterocycles. The lowest BCUT2D eigenvalue weighted by molar-refractivity contribution is 0.0305. The monoisotopic (exact) mass is 813 g/mol. The predicted octanol–water partition coefficient (Wildman–Crippen LogP) is 14.5. The molecule has 0 bridgehead atoms. The molecule has 2 unspecified atom stereocenters. The summed E-state index contributed by atoms with van der Waals surface area (Å²) >= 11 is 4.17. The first-order valence-corrected chi connectivity index (χ1v) is 27.8. The molecule has 0 rings (SSSR count). The molecule has 0 aromatic heterocycles. The van der Waals surface area contributed by atoms with Crippen molar-refractivity contribution < 1.29 is 28.7 Å². The van der Waals surface area contributed by atoms with Crippen LogP contribution in [0.15, 0.2) is 0 Å². The van der Waals surface area contributed by atoms with Gasteiger partial charge in [0.15, 0.2) is 0 Å². The van der Waals surface area contributed by atoms with E-state index < -0.39 is 15.8 Å². The standard InChI is InChI=1S/C44H93O6PS2/c1-5-7-9-11-13-15-17-19-21-23-25-27-29-31-33-35-37-47-39-41-49-43(3)53(51(45,46)52)44(4)50-42-40-48-38-36-34-32-30-28-26-24-22-20-18-16-14-12-10-8-6-2/h43-46,52H,5-42H2,1-4H3. The molecule has 0 radical (unpaired) electrons. The van der Waals surface area contributed by atoms with Crippen molar-refractivity contribution in [2.45, 2.75) is 244 Å². The Kier molecular flexibility index (Phi) is 43.2.